The van der Waals surface area contributed by atoms with Crippen molar-refractivity contribution in [2.24, 2.45) is 0 Å². The minimum Gasteiger partial charge on any atom is -0.298 e. The molecule has 3 amide bonds. The fourth-order valence-electron chi connectivity index (χ4n) is 3.16. The first-order valence-electron chi connectivity index (χ1n) is 8.32. The molecule has 0 unspecified atom stereocenters. The number of imide groups is 1. The molecular formula is C18H17N3O3S. The summed E-state index contributed by atoms with van der Waals surface area (Å²) in [6, 6.07) is 6.96. The Morgan fingerprint density at radius 1 is 1.08 bits per heavy atom. The van der Waals surface area contributed by atoms with Gasteiger partial charge in [0.15, 0.2) is 5.13 Å². The third-order valence-corrected chi connectivity index (χ3v) is 5.60. The van der Waals surface area contributed by atoms with Crippen molar-refractivity contribution >= 4 is 34.2 Å². The number of nitrogens with one attached hydrogen (secondary N) is 1. The number of hydrogen-bond donors (Lipinski definition) is 1. The molecule has 4 rings (SSSR count). The van der Waals surface area contributed by atoms with Gasteiger partial charge in [-0.25, -0.2) is 4.98 Å². The highest BCUT2D eigenvalue weighted by molar-refractivity contribution is 7.16. The topological polar surface area (TPSA) is 79.4 Å². The minimum atomic E-state index is -0.202. The smallest absolute Gasteiger partial charge is 0.257 e. The van der Waals surface area contributed by atoms with E-state index in [4.69, 9.17) is 0 Å². The highest BCUT2D eigenvalue weighted by atomic mass is 32.1. The van der Waals surface area contributed by atoms with E-state index in [1.165, 1.54) is 9.78 Å². The number of benzene rings is 1. The first-order chi connectivity index (χ1) is 12.1. The average molecular weight is 355 g/mol. The molecule has 6 nitrogen and oxygen atoms in total. The number of aryl methyl sites for hydroxylation is 2. The summed E-state index contributed by atoms with van der Waals surface area (Å²) in [6.07, 6.45) is 3.76. The number of hydrogen-bond acceptors (Lipinski definition) is 5. The Morgan fingerprint density at radius 2 is 1.80 bits per heavy atom. The van der Waals surface area contributed by atoms with Crippen molar-refractivity contribution in [2.75, 3.05) is 5.32 Å². The molecule has 1 aliphatic heterocycles. The van der Waals surface area contributed by atoms with Gasteiger partial charge in [-0.1, -0.05) is 12.1 Å². The summed E-state index contributed by atoms with van der Waals surface area (Å²) in [5.41, 5.74) is 2.46. The summed E-state index contributed by atoms with van der Waals surface area (Å²) in [7, 11) is 0. The van der Waals surface area contributed by atoms with Gasteiger partial charge in [0.1, 0.15) is 0 Å². The maximum atomic E-state index is 12.3. The molecule has 7 heteroatoms. The number of carbonyl (C=O) groups excluding carboxylic acids is 3. The molecule has 0 radical (unpaired) electrons. The lowest BCUT2D eigenvalue weighted by atomic mass is 10.1. The molecule has 1 N–H and O–H groups in total. The summed E-state index contributed by atoms with van der Waals surface area (Å²) in [4.78, 5) is 42.7. The molecule has 1 aliphatic carbocycles. The number of aromatic nitrogens is 1. The van der Waals surface area contributed by atoms with Gasteiger partial charge >= 0.3 is 0 Å². The van der Waals surface area contributed by atoms with E-state index in [-0.39, 0.29) is 37.1 Å². The number of fused-ring (bicyclic) bond motifs is 1. The molecular weight excluding hydrogens is 338 g/mol. The lowest BCUT2D eigenvalue weighted by Crippen LogP contribution is -2.28. The molecule has 25 heavy (non-hydrogen) atoms. The van der Waals surface area contributed by atoms with Crippen molar-refractivity contribution < 1.29 is 14.4 Å². The standard InChI is InChI=1S/C18H17N3O3S/c22-15-8-9-16(23)21(15)10-11-4-6-12(7-5-11)17(24)20-18-19-13-2-1-3-14(13)25-18/h4-7H,1-3,8-10H2,(H,19,20,24). The minimum absolute atomic E-state index is 0.136. The van der Waals surface area contributed by atoms with E-state index in [1.54, 1.807) is 35.6 Å². The number of amides is 3. The number of anilines is 1. The summed E-state index contributed by atoms with van der Waals surface area (Å²) < 4.78 is 0. The first kappa shape index (κ1) is 16.0. The third-order valence-electron chi connectivity index (χ3n) is 4.53. The van der Waals surface area contributed by atoms with E-state index in [0.29, 0.717) is 10.7 Å². The largest absolute Gasteiger partial charge is 0.298 e. The van der Waals surface area contributed by atoms with Crippen molar-refractivity contribution in [1.82, 2.24) is 9.88 Å². The second-order valence-electron chi connectivity index (χ2n) is 6.27. The molecule has 128 valence electrons. The predicted octanol–water partition coefficient (Wildman–Crippen LogP) is 2.53. The van der Waals surface area contributed by atoms with Gasteiger partial charge in [-0.05, 0) is 37.0 Å². The average Bonchev–Trinajstić information content (AvgIpc) is 3.26. The van der Waals surface area contributed by atoms with Crippen LogP contribution < -0.4 is 5.32 Å². The molecule has 0 atom stereocenters. The molecule has 1 aromatic carbocycles. The van der Waals surface area contributed by atoms with E-state index >= 15 is 0 Å². The quantitative estimate of drug-likeness (QED) is 0.855. The first-order valence-corrected chi connectivity index (χ1v) is 9.14. The summed E-state index contributed by atoms with van der Waals surface area (Å²) in [5.74, 6) is -0.473. The Bertz CT molecular complexity index is 819. The van der Waals surface area contributed by atoms with Gasteiger partial charge in [0.05, 0.1) is 12.2 Å². The number of thiazole rings is 1. The molecule has 0 saturated carbocycles. The Kier molecular flexibility index (Phi) is 4.09. The van der Waals surface area contributed by atoms with Crippen LogP contribution in [0.5, 0.6) is 0 Å². The number of likely N-dealkylation sites (tertiary alicyclic amines) is 1. The van der Waals surface area contributed by atoms with Gasteiger partial charge in [-0.3, -0.25) is 24.6 Å². The van der Waals surface area contributed by atoms with E-state index in [2.05, 4.69) is 10.3 Å². The fourth-order valence-corrected chi connectivity index (χ4v) is 4.20. The molecule has 1 saturated heterocycles. The Labute approximate surface area is 148 Å². The van der Waals surface area contributed by atoms with Gasteiger partial charge in [0.2, 0.25) is 11.8 Å². The Morgan fingerprint density at radius 3 is 2.48 bits per heavy atom. The van der Waals surface area contributed by atoms with E-state index in [1.807, 2.05) is 0 Å². The molecule has 2 aromatic rings. The van der Waals surface area contributed by atoms with Gasteiger partial charge < -0.3 is 0 Å². The Hall–Kier alpha value is -2.54. The van der Waals surface area contributed by atoms with Gasteiger partial charge in [0, 0.05) is 23.3 Å². The SMILES string of the molecule is O=C(Nc1nc2c(s1)CCC2)c1ccc(CN2C(=O)CCC2=O)cc1. The fraction of sp³-hybridized carbons (Fsp3) is 0.333. The molecule has 2 aliphatic rings. The van der Waals surface area contributed by atoms with Crippen LogP contribution in [0, 0.1) is 0 Å². The lowest BCUT2D eigenvalue weighted by molar-refractivity contribution is -0.139. The van der Waals surface area contributed by atoms with Crippen molar-refractivity contribution in [3.8, 4) is 0 Å². The van der Waals surface area contributed by atoms with Gasteiger partial charge in [0.25, 0.3) is 5.91 Å². The number of carbonyl (C=O) groups is 3. The van der Waals surface area contributed by atoms with Crippen LogP contribution in [-0.4, -0.2) is 27.6 Å². The van der Waals surface area contributed by atoms with Crippen LogP contribution in [0.4, 0.5) is 5.13 Å². The van der Waals surface area contributed by atoms with Crippen LogP contribution in [0.15, 0.2) is 24.3 Å². The zero-order valence-corrected chi connectivity index (χ0v) is 14.4. The maximum Gasteiger partial charge on any atom is 0.257 e. The predicted molar refractivity (Wildman–Crippen MR) is 93.3 cm³/mol. The molecule has 0 bridgehead atoms. The van der Waals surface area contributed by atoms with Gasteiger partial charge in [-0.15, -0.1) is 11.3 Å². The van der Waals surface area contributed by atoms with Crippen molar-refractivity contribution in [2.45, 2.75) is 38.6 Å². The molecule has 2 heterocycles. The lowest BCUT2D eigenvalue weighted by Gasteiger charge is -2.13. The van der Waals surface area contributed by atoms with Crippen LogP contribution in [0.25, 0.3) is 0 Å². The van der Waals surface area contributed by atoms with E-state index in [9.17, 15) is 14.4 Å². The number of rotatable bonds is 4. The van der Waals surface area contributed by atoms with Crippen molar-refractivity contribution in [1.29, 1.82) is 0 Å². The van der Waals surface area contributed by atoms with Crippen LogP contribution in [0.1, 0.15) is 45.8 Å². The van der Waals surface area contributed by atoms with E-state index < -0.39 is 0 Å². The second-order valence-corrected chi connectivity index (χ2v) is 7.35. The molecule has 1 aromatic heterocycles. The molecule has 1 fully saturated rings. The summed E-state index contributed by atoms with van der Waals surface area (Å²) >= 11 is 1.55. The van der Waals surface area contributed by atoms with Crippen LogP contribution in [0.3, 0.4) is 0 Å². The van der Waals surface area contributed by atoms with Crippen LogP contribution >= 0.6 is 11.3 Å². The highest BCUT2D eigenvalue weighted by Gasteiger charge is 2.28. The van der Waals surface area contributed by atoms with Crippen molar-refractivity contribution in [3.63, 3.8) is 0 Å². The Balaban J connectivity index is 1.41. The van der Waals surface area contributed by atoms with Gasteiger partial charge in [-0.2, -0.15) is 0 Å². The molecule has 0 spiro atoms. The number of nitrogens with zero attached hydrogens (tertiary/aromatic N) is 2. The van der Waals surface area contributed by atoms with Crippen LogP contribution in [-0.2, 0) is 29.0 Å². The summed E-state index contributed by atoms with van der Waals surface area (Å²) in [5, 5.41) is 3.49. The normalized spacial score (nSPS) is 16.4. The second kappa shape index (κ2) is 6.40. The summed E-state index contributed by atoms with van der Waals surface area (Å²) in [6.45, 7) is 0.263. The van der Waals surface area contributed by atoms with Crippen molar-refractivity contribution in [3.05, 3.63) is 46.0 Å². The third kappa shape index (κ3) is 3.19. The monoisotopic (exact) mass is 355 g/mol. The zero-order chi connectivity index (χ0) is 17.4. The van der Waals surface area contributed by atoms with Crippen LogP contribution in [0.2, 0.25) is 0 Å². The van der Waals surface area contributed by atoms with E-state index in [0.717, 1.165) is 30.5 Å². The zero-order valence-electron chi connectivity index (χ0n) is 13.6. The highest BCUT2D eigenvalue weighted by Crippen LogP contribution is 2.30. The maximum absolute atomic E-state index is 12.3.